The molecule has 0 spiro atoms. The molecule has 1 amide bonds. The van der Waals surface area contributed by atoms with E-state index in [-0.39, 0.29) is 11.9 Å². The Balaban J connectivity index is 1.69. The van der Waals surface area contributed by atoms with Crippen molar-refractivity contribution in [1.29, 1.82) is 0 Å². The number of aromatic nitrogens is 1. The second kappa shape index (κ2) is 8.06. The van der Waals surface area contributed by atoms with Crippen LogP contribution in [0.2, 0.25) is 0 Å². The molecule has 2 heterocycles. The molecule has 1 saturated heterocycles. The molecule has 2 N–H and O–H groups in total. The lowest BCUT2D eigenvalue weighted by Gasteiger charge is -2.20. The molecule has 2 unspecified atom stereocenters. The summed E-state index contributed by atoms with van der Waals surface area (Å²) in [4.78, 5) is 16.9. The van der Waals surface area contributed by atoms with Crippen LogP contribution in [-0.4, -0.2) is 23.5 Å². The van der Waals surface area contributed by atoms with E-state index in [1.165, 1.54) is 11.1 Å². The first-order valence-corrected chi connectivity index (χ1v) is 8.70. The Bertz CT molecular complexity index is 648. The van der Waals surface area contributed by atoms with Crippen molar-refractivity contribution in [3.05, 3.63) is 65.5 Å². The maximum atomic E-state index is 12.4. The Labute approximate surface area is 143 Å². The van der Waals surface area contributed by atoms with Crippen LogP contribution in [0.1, 0.15) is 42.1 Å². The van der Waals surface area contributed by atoms with Crippen LogP contribution in [-0.2, 0) is 11.2 Å². The molecule has 1 aromatic heterocycles. The number of hydrogen-bond acceptors (Lipinski definition) is 3. The van der Waals surface area contributed by atoms with E-state index in [0.717, 1.165) is 31.5 Å². The normalized spacial score (nSPS) is 18.3. The fourth-order valence-corrected chi connectivity index (χ4v) is 3.18. The van der Waals surface area contributed by atoms with Crippen molar-refractivity contribution in [3.63, 3.8) is 0 Å². The third kappa shape index (κ3) is 4.65. The van der Waals surface area contributed by atoms with Crippen LogP contribution in [0.3, 0.4) is 0 Å². The predicted octanol–water partition coefficient (Wildman–Crippen LogP) is 2.93. The van der Waals surface area contributed by atoms with E-state index in [2.05, 4.69) is 46.8 Å². The Morgan fingerprint density at radius 1 is 1.29 bits per heavy atom. The summed E-state index contributed by atoms with van der Waals surface area (Å²) in [6.07, 6.45) is 5.31. The minimum Gasteiger partial charge on any atom is -0.347 e. The van der Waals surface area contributed by atoms with Gasteiger partial charge in [0.15, 0.2) is 0 Å². The van der Waals surface area contributed by atoms with E-state index in [1.807, 2.05) is 18.2 Å². The second-order valence-corrected chi connectivity index (χ2v) is 6.56. The van der Waals surface area contributed by atoms with Gasteiger partial charge in [0.05, 0.1) is 11.7 Å². The Hall–Kier alpha value is -2.20. The summed E-state index contributed by atoms with van der Waals surface area (Å²) < 4.78 is 0. The molecule has 24 heavy (non-hydrogen) atoms. The van der Waals surface area contributed by atoms with Crippen LogP contribution in [0, 0.1) is 6.92 Å². The number of carbonyl (C=O) groups is 1. The zero-order valence-corrected chi connectivity index (χ0v) is 14.2. The lowest BCUT2D eigenvalue weighted by Crippen LogP contribution is -2.35. The molecular weight excluding hydrogens is 298 g/mol. The number of nitrogens with one attached hydrogen (secondary N) is 2. The smallest absolute Gasteiger partial charge is 0.222 e. The quantitative estimate of drug-likeness (QED) is 0.859. The van der Waals surface area contributed by atoms with Gasteiger partial charge in [-0.15, -0.1) is 0 Å². The first-order chi connectivity index (χ1) is 11.7. The SMILES string of the molecule is Cc1ccc(CC(NC(=O)CC2CCCN2)c2ccccn2)cc1. The highest BCUT2D eigenvalue weighted by Crippen LogP contribution is 2.18. The van der Waals surface area contributed by atoms with Gasteiger partial charge in [-0.25, -0.2) is 0 Å². The fourth-order valence-electron chi connectivity index (χ4n) is 3.18. The van der Waals surface area contributed by atoms with E-state index in [9.17, 15) is 4.79 Å². The summed E-state index contributed by atoms with van der Waals surface area (Å²) in [7, 11) is 0. The van der Waals surface area contributed by atoms with Gasteiger partial charge in [0.2, 0.25) is 5.91 Å². The highest BCUT2D eigenvalue weighted by molar-refractivity contribution is 5.77. The molecule has 1 aromatic carbocycles. The number of carbonyl (C=O) groups excluding carboxylic acids is 1. The number of pyridine rings is 1. The lowest BCUT2D eigenvalue weighted by molar-refractivity contribution is -0.122. The van der Waals surface area contributed by atoms with Gasteiger partial charge >= 0.3 is 0 Å². The third-order valence-corrected chi connectivity index (χ3v) is 4.53. The van der Waals surface area contributed by atoms with Crippen molar-refractivity contribution in [3.8, 4) is 0 Å². The summed E-state index contributed by atoms with van der Waals surface area (Å²) >= 11 is 0. The average molecular weight is 323 g/mol. The molecule has 0 radical (unpaired) electrons. The van der Waals surface area contributed by atoms with Crippen molar-refractivity contribution in [2.24, 2.45) is 0 Å². The Kier molecular flexibility index (Phi) is 5.59. The van der Waals surface area contributed by atoms with Crippen LogP contribution < -0.4 is 10.6 Å². The monoisotopic (exact) mass is 323 g/mol. The fraction of sp³-hybridized carbons (Fsp3) is 0.400. The van der Waals surface area contributed by atoms with Gasteiger partial charge in [-0.1, -0.05) is 35.9 Å². The summed E-state index contributed by atoms with van der Waals surface area (Å²) in [5.74, 6) is 0.0946. The number of rotatable bonds is 6. The Morgan fingerprint density at radius 2 is 2.12 bits per heavy atom. The number of aryl methyl sites for hydroxylation is 1. The molecule has 2 aromatic rings. The maximum Gasteiger partial charge on any atom is 0.222 e. The van der Waals surface area contributed by atoms with Crippen molar-refractivity contribution in [1.82, 2.24) is 15.6 Å². The van der Waals surface area contributed by atoms with Crippen LogP contribution in [0.4, 0.5) is 0 Å². The number of benzene rings is 1. The van der Waals surface area contributed by atoms with Gasteiger partial charge < -0.3 is 10.6 Å². The third-order valence-electron chi connectivity index (χ3n) is 4.53. The molecule has 1 fully saturated rings. The summed E-state index contributed by atoms with van der Waals surface area (Å²) in [5.41, 5.74) is 3.35. The van der Waals surface area contributed by atoms with Crippen LogP contribution in [0.25, 0.3) is 0 Å². The van der Waals surface area contributed by atoms with Crippen molar-refractivity contribution >= 4 is 5.91 Å². The molecule has 1 aliphatic heterocycles. The van der Waals surface area contributed by atoms with E-state index in [4.69, 9.17) is 0 Å². The molecule has 2 atom stereocenters. The highest BCUT2D eigenvalue weighted by atomic mass is 16.1. The van der Waals surface area contributed by atoms with Gasteiger partial charge in [-0.05, 0) is 50.4 Å². The minimum absolute atomic E-state index is 0.0946. The summed E-state index contributed by atoms with van der Waals surface area (Å²) in [5, 5.41) is 6.56. The molecular formula is C20H25N3O. The molecule has 3 rings (SSSR count). The van der Waals surface area contributed by atoms with E-state index >= 15 is 0 Å². The van der Waals surface area contributed by atoms with Crippen LogP contribution >= 0.6 is 0 Å². The van der Waals surface area contributed by atoms with Crippen molar-refractivity contribution in [2.75, 3.05) is 6.54 Å². The lowest BCUT2D eigenvalue weighted by atomic mass is 10.0. The number of nitrogens with zero attached hydrogens (tertiary/aromatic N) is 1. The number of amides is 1. The predicted molar refractivity (Wildman–Crippen MR) is 95.6 cm³/mol. The highest BCUT2D eigenvalue weighted by Gasteiger charge is 2.21. The summed E-state index contributed by atoms with van der Waals surface area (Å²) in [6, 6.07) is 14.5. The molecule has 1 aliphatic rings. The van der Waals surface area contributed by atoms with Crippen LogP contribution in [0.15, 0.2) is 48.7 Å². The number of hydrogen-bond donors (Lipinski definition) is 2. The zero-order valence-electron chi connectivity index (χ0n) is 14.2. The van der Waals surface area contributed by atoms with Crippen molar-refractivity contribution < 1.29 is 4.79 Å². The molecule has 0 aliphatic carbocycles. The van der Waals surface area contributed by atoms with Gasteiger partial charge in [0.25, 0.3) is 0 Å². The summed E-state index contributed by atoms with van der Waals surface area (Å²) in [6.45, 7) is 3.10. The molecule has 126 valence electrons. The van der Waals surface area contributed by atoms with Crippen molar-refractivity contribution in [2.45, 2.75) is 44.7 Å². The molecule has 4 heteroatoms. The molecule has 0 saturated carbocycles. The van der Waals surface area contributed by atoms with Crippen LogP contribution in [0.5, 0.6) is 0 Å². The first kappa shape index (κ1) is 16.7. The van der Waals surface area contributed by atoms with E-state index < -0.39 is 0 Å². The molecule has 4 nitrogen and oxygen atoms in total. The van der Waals surface area contributed by atoms with Gasteiger partial charge in [0, 0.05) is 18.7 Å². The topological polar surface area (TPSA) is 54.0 Å². The average Bonchev–Trinajstić information content (AvgIpc) is 3.10. The molecule has 0 bridgehead atoms. The first-order valence-electron chi connectivity index (χ1n) is 8.70. The standard InChI is InChI=1S/C20H25N3O/c1-15-7-9-16(10-8-15)13-19(18-6-2-3-11-22-18)23-20(24)14-17-5-4-12-21-17/h2-3,6-11,17,19,21H,4-5,12-14H2,1H3,(H,23,24). The largest absolute Gasteiger partial charge is 0.347 e. The van der Waals surface area contributed by atoms with Gasteiger partial charge in [-0.2, -0.15) is 0 Å². The van der Waals surface area contributed by atoms with Gasteiger partial charge in [-0.3, -0.25) is 9.78 Å². The minimum atomic E-state index is -0.0946. The maximum absolute atomic E-state index is 12.4. The second-order valence-electron chi connectivity index (χ2n) is 6.56. The Morgan fingerprint density at radius 3 is 2.79 bits per heavy atom. The zero-order chi connectivity index (χ0) is 16.8. The van der Waals surface area contributed by atoms with E-state index in [0.29, 0.717) is 12.5 Å². The van der Waals surface area contributed by atoms with E-state index in [1.54, 1.807) is 6.20 Å². The van der Waals surface area contributed by atoms with Gasteiger partial charge in [0.1, 0.15) is 0 Å².